The van der Waals surface area contributed by atoms with Gasteiger partial charge in [-0.15, -0.1) is 0 Å². The molecule has 0 N–H and O–H groups in total. The average Bonchev–Trinajstić information content (AvgIpc) is 2.61. The first kappa shape index (κ1) is 16.3. The Morgan fingerprint density at radius 3 is 2.76 bits per heavy atom. The van der Waals surface area contributed by atoms with Crippen LogP contribution in [0.2, 0.25) is 0 Å². The number of hydrogen-bond acceptors (Lipinski definition) is 7. The minimum atomic E-state index is 0.417. The fraction of sp³-hybridized carbons (Fsp3) is 0.444. The largest absolute Gasteiger partial charge is 0.347 e. The summed E-state index contributed by atoms with van der Waals surface area (Å²) in [5.74, 6) is 0.802. The second-order valence-electron chi connectivity index (χ2n) is 6.62. The number of rotatable bonds is 4. The van der Waals surface area contributed by atoms with Gasteiger partial charge in [0, 0.05) is 37.4 Å². The summed E-state index contributed by atoms with van der Waals surface area (Å²) in [4.78, 5) is 18.2. The van der Waals surface area contributed by atoms with E-state index in [4.69, 9.17) is 0 Å². The zero-order chi connectivity index (χ0) is 17.4. The van der Waals surface area contributed by atoms with Crippen molar-refractivity contribution in [2.45, 2.75) is 37.1 Å². The van der Waals surface area contributed by atoms with Crippen LogP contribution in [0.1, 0.15) is 23.4 Å². The molecular formula is C18H20N6S. The molecule has 2 aromatic rings. The summed E-state index contributed by atoms with van der Waals surface area (Å²) < 4.78 is 0. The van der Waals surface area contributed by atoms with E-state index < -0.39 is 0 Å². The summed E-state index contributed by atoms with van der Waals surface area (Å²) in [6, 6.07) is 9.26. The van der Waals surface area contributed by atoms with Crippen molar-refractivity contribution in [3.63, 3.8) is 0 Å². The molecule has 3 aliphatic heterocycles. The molecule has 25 heavy (non-hydrogen) atoms. The van der Waals surface area contributed by atoms with Gasteiger partial charge in [0.2, 0.25) is 0 Å². The first-order valence-electron chi connectivity index (χ1n) is 8.42. The van der Waals surface area contributed by atoms with Gasteiger partial charge in [-0.25, -0.2) is 9.97 Å². The summed E-state index contributed by atoms with van der Waals surface area (Å²) in [7, 11) is 0. The third-order valence-corrected chi connectivity index (χ3v) is 5.46. The van der Waals surface area contributed by atoms with E-state index >= 15 is 0 Å². The van der Waals surface area contributed by atoms with Crippen LogP contribution < -0.4 is 4.90 Å². The van der Waals surface area contributed by atoms with Crippen LogP contribution in [0.3, 0.4) is 0 Å². The average molecular weight is 352 g/mol. The third-order valence-electron chi connectivity index (χ3n) is 4.89. The fourth-order valence-electron chi connectivity index (χ4n) is 3.82. The number of piperazine rings is 1. The molecule has 7 heteroatoms. The Labute approximate surface area is 151 Å². The van der Waals surface area contributed by atoms with Crippen LogP contribution in [-0.2, 0) is 6.54 Å². The van der Waals surface area contributed by atoms with E-state index in [1.54, 1.807) is 6.20 Å². The Balaban J connectivity index is 1.50. The number of hydrogen-bond donors (Lipinski definition) is 0. The molecule has 0 spiro atoms. The Morgan fingerprint density at radius 2 is 2.08 bits per heavy atom. The topological polar surface area (TPSA) is 68.9 Å². The predicted molar refractivity (Wildman–Crippen MR) is 97.5 cm³/mol. The van der Waals surface area contributed by atoms with Crippen molar-refractivity contribution in [2.75, 3.05) is 24.2 Å². The van der Waals surface area contributed by atoms with E-state index in [0.717, 1.165) is 42.0 Å². The van der Waals surface area contributed by atoms with Gasteiger partial charge < -0.3 is 4.90 Å². The standard InChI is InChI=1S/C18H20N6S/c1-12-4-3-5-14(21-12)9-23-10-15-6-16(11-23)24(15)17-13(7-19)8-20-18(22-17)25-2/h3-5,8,15-16H,6,9-11H2,1-2H3. The number of piperidine rings is 1. The van der Waals surface area contributed by atoms with Gasteiger partial charge in [-0.1, -0.05) is 17.8 Å². The number of nitriles is 1. The van der Waals surface area contributed by atoms with Crippen molar-refractivity contribution in [1.29, 1.82) is 5.26 Å². The quantitative estimate of drug-likeness (QED) is 0.617. The molecular weight excluding hydrogens is 332 g/mol. The van der Waals surface area contributed by atoms with Gasteiger partial charge in [0.25, 0.3) is 0 Å². The normalized spacial score (nSPS) is 22.4. The molecule has 5 heterocycles. The van der Waals surface area contributed by atoms with E-state index in [-0.39, 0.29) is 0 Å². The van der Waals surface area contributed by atoms with E-state index in [2.05, 4.69) is 43.0 Å². The Bertz CT molecular complexity index is 821. The number of anilines is 1. The zero-order valence-electron chi connectivity index (χ0n) is 14.4. The van der Waals surface area contributed by atoms with Gasteiger partial charge in [-0.05, 0) is 31.7 Å². The minimum Gasteiger partial charge on any atom is -0.347 e. The van der Waals surface area contributed by atoms with Crippen molar-refractivity contribution < 1.29 is 0 Å². The van der Waals surface area contributed by atoms with Crippen LogP contribution in [0.15, 0.2) is 29.6 Å². The fourth-order valence-corrected chi connectivity index (χ4v) is 4.16. The molecule has 2 bridgehead atoms. The van der Waals surface area contributed by atoms with Gasteiger partial charge in [0.15, 0.2) is 11.0 Å². The molecule has 3 fully saturated rings. The highest BCUT2D eigenvalue weighted by Gasteiger charge is 2.46. The van der Waals surface area contributed by atoms with Crippen LogP contribution in [0.4, 0.5) is 5.82 Å². The molecule has 2 aromatic heterocycles. The van der Waals surface area contributed by atoms with Gasteiger partial charge in [0.1, 0.15) is 11.6 Å². The molecule has 0 aromatic carbocycles. The molecule has 0 aliphatic carbocycles. The molecule has 2 unspecified atom stereocenters. The van der Waals surface area contributed by atoms with Crippen molar-refractivity contribution in [3.8, 4) is 6.07 Å². The first-order valence-corrected chi connectivity index (χ1v) is 9.64. The second-order valence-corrected chi connectivity index (χ2v) is 7.39. The smallest absolute Gasteiger partial charge is 0.189 e. The highest BCUT2D eigenvalue weighted by atomic mass is 32.2. The maximum atomic E-state index is 9.40. The molecule has 3 saturated heterocycles. The van der Waals surface area contributed by atoms with Crippen LogP contribution >= 0.6 is 11.8 Å². The van der Waals surface area contributed by atoms with Gasteiger partial charge >= 0.3 is 0 Å². The third kappa shape index (κ3) is 3.08. The summed E-state index contributed by atoms with van der Waals surface area (Å²) >= 11 is 1.51. The number of pyridine rings is 1. The van der Waals surface area contributed by atoms with Crippen molar-refractivity contribution >= 4 is 17.6 Å². The maximum Gasteiger partial charge on any atom is 0.189 e. The molecule has 0 amide bonds. The first-order chi connectivity index (χ1) is 12.2. The minimum absolute atomic E-state index is 0.417. The number of fused-ring (bicyclic) bond motifs is 2. The van der Waals surface area contributed by atoms with E-state index in [9.17, 15) is 5.26 Å². The number of thioether (sulfide) groups is 1. The summed E-state index contributed by atoms with van der Waals surface area (Å²) in [5, 5.41) is 10.1. The highest BCUT2D eigenvalue weighted by Crippen LogP contribution is 2.38. The molecule has 0 radical (unpaired) electrons. The zero-order valence-corrected chi connectivity index (χ0v) is 15.2. The molecule has 3 aliphatic rings. The van der Waals surface area contributed by atoms with Crippen molar-refractivity contribution in [1.82, 2.24) is 19.9 Å². The predicted octanol–water partition coefficient (Wildman–Crippen LogP) is 2.24. The van der Waals surface area contributed by atoms with Gasteiger partial charge in [-0.2, -0.15) is 5.26 Å². The lowest BCUT2D eigenvalue weighted by atomic mass is 9.87. The highest BCUT2D eigenvalue weighted by molar-refractivity contribution is 7.98. The SMILES string of the molecule is CSc1ncc(C#N)c(N2C3CC2CN(Cc2cccc(C)n2)C3)n1. The van der Waals surface area contributed by atoms with Crippen LogP contribution in [0, 0.1) is 18.3 Å². The maximum absolute atomic E-state index is 9.40. The Morgan fingerprint density at radius 1 is 1.28 bits per heavy atom. The second kappa shape index (κ2) is 6.62. The van der Waals surface area contributed by atoms with Gasteiger partial charge in [0.05, 0.1) is 11.9 Å². The van der Waals surface area contributed by atoms with Crippen LogP contribution in [0.25, 0.3) is 0 Å². The molecule has 6 nitrogen and oxygen atoms in total. The number of aromatic nitrogens is 3. The van der Waals surface area contributed by atoms with E-state index in [1.807, 2.05) is 19.2 Å². The van der Waals surface area contributed by atoms with Gasteiger partial charge in [-0.3, -0.25) is 9.88 Å². The van der Waals surface area contributed by atoms with E-state index in [0.29, 0.717) is 17.6 Å². The Hall–Kier alpha value is -2.17. The number of aryl methyl sites for hydroxylation is 1. The molecule has 5 rings (SSSR count). The van der Waals surface area contributed by atoms with Crippen LogP contribution in [0.5, 0.6) is 0 Å². The lowest BCUT2D eigenvalue weighted by Gasteiger charge is -2.57. The molecule has 128 valence electrons. The molecule has 0 saturated carbocycles. The lowest BCUT2D eigenvalue weighted by molar-refractivity contribution is 0.106. The monoisotopic (exact) mass is 352 g/mol. The molecule has 2 atom stereocenters. The summed E-state index contributed by atoms with van der Waals surface area (Å²) in [5.41, 5.74) is 2.75. The van der Waals surface area contributed by atoms with Crippen molar-refractivity contribution in [3.05, 3.63) is 41.3 Å². The number of nitrogens with zero attached hydrogens (tertiary/aromatic N) is 6. The summed E-state index contributed by atoms with van der Waals surface area (Å²) in [6.07, 6.45) is 4.77. The Kier molecular flexibility index (Phi) is 4.32. The van der Waals surface area contributed by atoms with Crippen LogP contribution in [-0.4, -0.2) is 51.3 Å². The lowest BCUT2D eigenvalue weighted by Crippen LogP contribution is -2.69. The van der Waals surface area contributed by atoms with Crippen molar-refractivity contribution in [2.24, 2.45) is 0 Å². The van der Waals surface area contributed by atoms with E-state index in [1.165, 1.54) is 18.2 Å². The summed E-state index contributed by atoms with van der Waals surface area (Å²) in [6.45, 7) is 4.87.